The van der Waals surface area contributed by atoms with Crippen LogP contribution in [0.5, 0.6) is 0 Å². The molecule has 0 aliphatic rings. The molecule has 0 spiro atoms. The third kappa shape index (κ3) is 5.13. The Morgan fingerprint density at radius 2 is 1.08 bits per heavy atom. The molecule has 0 heterocycles. The predicted molar refractivity (Wildman–Crippen MR) is 77.4 cm³/mol. The maximum absolute atomic E-state index is 12.9. The Hall–Kier alpha value is -1.74. The van der Waals surface area contributed by atoms with Crippen molar-refractivity contribution in [1.29, 1.82) is 0 Å². The molecule has 2 rings (SSSR count). The van der Waals surface area contributed by atoms with Gasteiger partial charge in [-0.2, -0.15) is 0 Å². The monoisotopic (exact) mass is 348 g/mol. The molecule has 0 N–H and O–H groups in total. The van der Waals surface area contributed by atoms with Crippen molar-refractivity contribution in [3.8, 4) is 0 Å². The molecule has 0 saturated heterocycles. The number of benzene rings is 2. The average Bonchev–Trinajstić information content (AvgIpc) is 2.58. The van der Waals surface area contributed by atoms with Crippen LogP contribution in [-0.4, -0.2) is 26.8 Å². The van der Waals surface area contributed by atoms with Crippen molar-refractivity contribution in [2.45, 2.75) is 25.8 Å². The highest BCUT2D eigenvalue weighted by molar-refractivity contribution is 5.83. The standard InChI is InChI=1S/C16H16F4O4/c1-21-15(17,18)23-9-11-3-5-14-8-12(4-6-13(14)7-11)10-24-16(19,20)22-2/h3-8H,9-10H2,1-2H3. The number of ether oxygens (including phenoxy) is 4. The molecule has 0 amide bonds. The van der Waals surface area contributed by atoms with E-state index in [0.29, 0.717) is 11.1 Å². The number of rotatable bonds is 8. The lowest BCUT2D eigenvalue weighted by Gasteiger charge is -2.15. The van der Waals surface area contributed by atoms with E-state index in [0.717, 1.165) is 25.0 Å². The van der Waals surface area contributed by atoms with Crippen molar-refractivity contribution in [2.24, 2.45) is 0 Å². The highest BCUT2D eigenvalue weighted by Crippen LogP contribution is 2.23. The van der Waals surface area contributed by atoms with Crippen LogP contribution in [0.25, 0.3) is 10.8 Å². The topological polar surface area (TPSA) is 36.9 Å². The molecule has 4 nitrogen and oxygen atoms in total. The van der Waals surface area contributed by atoms with Crippen molar-refractivity contribution < 1.29 is 36.5 Å². The minimum Gasteiger partial charge on any atom is -0.299 e. The Labute approximate surface area is 135 Å². The van der Waals surface area contributed by atoms with Crippen molar-refractivity contribution in [3.05, 3.63) is 47.5 Å². The lowest BCUT2D eigenvalue weighted by Crippen LogP contribution is -2.22. The van der Waals surface area contributed by atoms with E-state index in [1.165, 1.54) is 0 Å². The summed E-state index contributed by atoms with van der Waals surface area (Å²) in [4.78, 5) is 0. The summed E-state index contributed by atoms with van der Waals surface area (Å²) in [6.45, 7) is -0.663. The first-order valence-electron chi connectivity index (χ1n) is 6.90. The van der Waals surface area contributed by atoms with E-state index in [9.17, 15) is 17.6 Å². The predicted octanol–water partition coefficient (Wildman–Crippen LogP) is 4.27. The van der Waals surface area contributed by atoms with Crippen molar-refractivity contribution >= 4 is 10.8 Å². The lowest BCUT2D eigenvalue weighted by molar-refractivity contribution is -0.388. The quantitative estimate of drug-likeness (QED) is 0.527. The van der Waals surface area contributed by atoms with Gasteiger partial charge in [-0.1, -0.05) is 24.3 Å². The van der Waals surface area contributed by atoms with E-state index in [4.69, 9.17) is 0 Å². The van der Waals surface area contributed by atoms with Gasteiger partial charge in [0, 0.05) is 14.2 Å². The van der Waals surface area contributed by atoms with Crippen molar-refractivity contribution in [1.82, 2.24) is 0 Å². The third-order valence-corrected chi connectivity index (χ3v) is 3.26. The number of fused-ring (bicyclic) bond motifs is 1. The summed E-state index contributed by atoms with van der Waals surface area (Å²) in [5.41, 5.74) is 1.04. The first-order valence-corrected chi connectivity index (χ1v) is 6.90. The summed E-state index contributed by atoms with van der Waals surface area (Å²) in [5, 5.41) is 1.50. The van der Waals surface area contributed by atoms with E-state index >= 15 is 0 Å². The second-order valence-corrected chi connectivity index (χ2v) is 4.93. The van der Waals surface area contributed by atoms with E-state index in [2.05, 4.69) is 18.9 Å². The largest absolute Gasteiger partial charge is 0.485 e. The zero-order valence-corrected chi connectivity index (χ0v) is 13.0. The molecule has 24 heavy (non-hydrogen) atoms. The van der Waals surface area contributed by atoms with Crippen LogP contribution in [0.2, 0.25) is 0 Å². The van der Waals surface area contributed by atoms with E-state index in [1.807, 2.05) is 0 Å². The summed E-state index contributed by atoms with van der Waals surface area (Å²) >= 11 is 0. The minimum atomic E-state index is -3.65. The van der Waals surface area contributed by atoms with Crippen LogP contribution >= 0.6 is 0 Å². The van der Waals surface area contributed by atoms with Gasteiger partial charge in [0.05, 0.1) is 13.2 Å². The van der Waals surface area contributed by atoms with Gasteiger partial charge in [-0.15, -0.1) is 17.6 Å². The van der Waals surface area contributed by atoms with E-state index in [1.54, 1.807) is 36.4 Å². The second-order valence-electron chi connectivity index (χ2n) is 4.93. The zero-order chi connectivity index (χ0) is 17.8. The number of alkyl halides is 4. The fourth-order valence-corrected chi connectivity index (χ4v) is 1.98. The lowest BCUT2D eigenvalue weighted by atomic mass is 10.0. The molecule has 0 radical (unpaired) electrons. The first-order chi connectivity index (χ1) is 11.2. The average molecular weight is 348 g/mol. The maximum Gasteiger partial charge on any atom is 0.485 e. The normalized spacial score (nSPS) is 12.8. The van der Waals surface area contributed by atoms with Gasteiger partial charge in [0.1, 0.15) is 0 Å². The number of methoxy groups -OCH3 is 2. The van der Waals surface area contributed by atoms with Gasteiger partial charge in [-0.25, -0.2) is 0 Å². The highest BCUT2D eigenvalue weighted by atomic mass is 19.3. The Balaban J connectivity index is 2.08. The van der Waals surface area contributed by atoms with Crippen LogP contribution in [0.15, 0.2) is 36.4 Å². The van der Waals surface area contributed by atoms with E-state index in [-0.39, 0.29) is 13.2 Å². The summed E-state index contributed by atoms with van der Waals surface area (Å²) in [6.07, 6.45) is -7.30. The van der Waals surface area contributed by atoms with Gasteiger partial charge in [-0.3, -0.25) is 18.9 Å². The van der Waals surface area contributed by atoms with Crippen LogP contribution in [-0.2, 0) is 32.2 Å². The molecule has 0 aromatic heterocycles. The van der Waals surface area contributed by atoms with Crippen molar-refractivity contribution in [2.75, 3.05) is 14.2 Å². The molecule has 0 aliphatic carbocycles. The molecule has 0 atom stereocenters. The molecular formula is C16H16F4O4. The fraction of sp³-hybridized carbons (Fsp3) is 0.375. The third-order valence-electron chi connectivity index (χ3n) is 3.26. The number of halogens is 4. The van der Waals surface area contributed by atoms with Gasteiger partial charge < -0.3 is 0 Å². The highest BCUT2D eigenvalue weighted by Gasteiger charge is 2.30. The molecular weight excluding hydrogens is 332 g/mol. The van der Waals surface area contributed by atoms with Crippen LogP contribution in [0.3, 0.4) is 0 Å². The molecule has 132 valence electrons. The summed E-state index contributed by atoms with van der Waals surface area (Å²) in [7, 11) is 1.69. The van der Waals surface area contributed by atoms with Gasteiger partial charge in [0.2, 0.25) is 0 Å². The van der Waals surface area contributed by atoms with Crippen LogP contribution < -0.4 is 0 Å². The van der Waals surface area contributed by atoms with Crippen LogP contribution in [0, 0.1) is 0 Å². The smallest absolute Gasteiger partial charge is 0.299 e. The molecule has 0 unspecified atom stereocenters. The second kappa shape index (κ2) is 7.43. The zero-order valence-electron chi connectivity index (χ0n) is 13.0. The summed E-state index contributed by atoms with van der Waals surface area (Å²) < 4.78 is 68.0. The van der Waals surface area contributed by atoms with Crippen LogP contribution in [0.1, 0.15) is 11.1 Å². The Kier molecular flexibility index (Phi) is 5.76. The summed E-state index contributed by atoms with van der Waals surface area (Å²) in [5.74, 6) is 0. The SMILES string of the molecule is COC(F)(F)OCc1ccc2cc(COC(F)(F)OC)ccc2c1. The molecule has 0 fully saturated rings. The molecule has 0 bridgehead atoms. The van der Waals surface area contributed by atoms with Crippen molar-refractivity contribution in [3.63, 3.8) is 0 Å². The number of hydrogen-bond acceptors (Lipinski definition) is 4. The van der Waals surface area contributed by atoms with Gasteiger partial charge in [0.25, 0.3) is 0 Å². The molecule has 2 aromatic rings. The maximum atomic E-state index is 12.9. The van der Waals surface area contributed by atoms with E-state index < -0.39 is 12.6 Å². The molecule has 0 aliphatic heterocycles. The Morgan fingerprint density at radius 1 is 0.708 bits per heavy atom. The van der Waals surface area contributed by atoms with Crippen LogP contribution in [0.4, 0.5) is 17.6 Å². The fourth-order valence-electron chi connectivity index (χ4n) is 1.98. The Bertz CT molecular complexity index is 632. The van der Waals surface area contributed by atoms with Gasteiger partial charge in [-0.05, 0) is 34.0 Å². The van der Waals surface area contributed by atoms with Gasteiger partial charge in [0.15, 0.2) is 0 Å². The first kappa shape index (κ1) is 18.6. The summed E-state index contributed by atoms with van der Waals surface area (Å²) in [6, 6.07) is 9.88. The molecule has 8 heteroatoms. The van der Waals surface area contributed by atoms with Gasteiger partial charge >= 0.3 is 12.6 Å². The Morgan fingerprint density at radius 3 is 1.42 bits per heavy atom. The number of hydrogen-bond donors (Lipinski definition) is 0. The molecule has 2 aromatic carbocycles. The molecule has 0 saturated carbocycles. The minimum absolute atomic E-state index is 0.332.